The number of rotatable bonds is 41. The Balaban J connectivity index is 0.000000198. The van der Waals surface area contributed by atoms with Gasteiger partial charge in [0.05, 0.1) is 69.8 Å². The summed E-state index contributed by atoms with van der Waals surface area (Å²) >= 11 is 0. The molecule has 37 nitrogen and oxygen atoms in total. The second kappa shape index (κ2) is 52.6. The van der Waals surface area contributed by atoms with E-state index in [0.717, 1.165) is 66.8 Å². The van der Waals surface area contributed by atoms with E-state index < -0.39 is 41.7 Å². The maximum atomic E-state index is 13.1. The Labute approximate surface area is 838 Å². The molecule has 4 heterocycles. The molecule has 0 spiro atoms. The summed E-state index contributed by atoms with van der Waals surface area (Å²) in [5.74, 6) is -5.82. The summed E-state index contributed by atoms with van der Waals surface area (Å²) in [6, 6.07) is 47.6. The van der Waals surface area contributed by atoms with Crippen LogP contribution in [0, 0.1) is 34.6 Å². The van der Waals surface area contributed by atoms with Gasteiger partial charge in [-0.3, -0.25) is 62.9 Å². The predicted octanol–water partition coefficient (Wildman–Crippen LogP) is 13.0. The minimum Gasteiger partial charge on any atom is -0.497 e. The number of aliphatic carboxylic acids is 2. The number of methoxy groups -OCH3 is 3. The zero-order valence-corrected chi connectivity index (χ0v) is 81.3. The fraction of sp³-hybridized carbons (Fsp3) is 0.287. The SMILES string of the molecule is C.COc1cccc(CNC(=O)c2ccncc2CN(CC(=O)O)[C@@H](C)c2ccc(C(=O)O)c(C)c2)c1.COc1cccc(CNC(=O)c2ncncc2CN(CC(C)=O)Cc2ccc(C(=O)O)c(C)c2)c1.COc1cccc(CNC(=O)c2ncncc2CN(CC(N)=O)C2CCc3c2ccc(C(=O)O)c3C)c1.Cc1cccc(CNC(=O)c2ncncc2CN(CC(=O)O)C2CCc3c2ccc(C(=O)O)c3C)c1. The van der Waals surface area contributed by atoms with Crippen LogP contribution < -0.4 is 41.2 Å². The highest BCUT2D eigenvalue weighted by atomic mass is 16.5. The Morgan fingerprint density at radius 2 is 0.807 bits per heavy atom. The van der Waals surface area contributed by atoms with E-state index >= 15 is 0 Å². The van der Waals surface area contributed by atoms with Crippen molar-refractivity contribution in [1.29, 1.82) is 0 Å². The van der Waals surface area contributed by atoms with E-state index in [-0.39, 0.29) is 153 Å². The van der Waals surface area contributed by atoms with Crippen molar-refractivity contribution >= 4 is 71.1 Å². The zero-order valence-electron chi connectivity index (χ0n) is 81.3. The Kier molecular flexibility index (Phi) is 40.0. The van der Waals surface area contributed by atoms with Crippen molar-refractivity contribution in [1.82, 2.24) is 75.8 Å². The Morgan fingerprint density at radius 3 is 1.21 bits per heavy atom. The predicted molar refractivity (Wildman–Crippen MR) is 535 cm³/mol. The smallest absolute Gasteiger partial charge is 0.335 e. The van der Waals surface area contributed by atoms with E-state index in [2.05, 4.69) is 56.2 Å². The molecule has 2 aliphatic rings. The van der Waals surface area contributed by atoms with E-state index in [1.54, 1.807) is 138 Å². The summed E-state index contributed by atoms with van der Waals surface area (Å²) in [6.07, 6.45) is 14.3. The molecular formula is C108H118N16O21. The van der Waals surface area contributed by atoms with Gasteiger partial charge >= 0.3 is 35.8 Å². The molecule has 756 valence electrons. The molecule has 145 heavy (non-hydrogen) atoms. The minimum atomic E-state index is -1.02. The first-order valence-corrected chi connectivity index (χ1v) is 45.9. The number of nitrogens with zero attached hydrogens (tertiary/aromatic N) is 11. The molecule has 5 amide bonds. The number of aryl methyl sites for hydroxylation is 3. The lowest BCUT2D eigenvalue weighted by Gasteiger charge is -2.29. The van der Waals surface area contributed by atoms with Crippen LogP contribution in [0.5, 0.6) is 17.2 Å². The fourth-order valence-corrected chi connectivity index (χ4v) is 17.5. The number of Topliss-reactive ketones (excluding diaryl/α,β-unsaturated/α-hetero) is 1. The zero-order chi connectivity index (χ0) is 104. The van der Waals surface area contributed by atoms with Gasteiger partial charge in [0, 0.05) is 130 Å². The molecule has 0 aliphatic heterocycles. The lowest BCUT2D eigenvalue weighted by atomic mass is 9.97. The van der Waals surface area contributed by atoms with Gasteiger partial charge in [-0.2, -0.15) is 0 Å². The highest BCUT2D eigenvalue weighted by Gasteiger charge is 2.36. The van der Waals surface area contributed by atoms with E-state index in [9.17, 15) is 88.2 Å². The molecule has 8 aromatic carbocycles. The third-order valence-corrected chi connectivity index (χ3v) is 24.6. The van der Waals surface area contributed by atoms with Crippen LogP contribution in [0.1, 0.15) is 241 Å². The summed E-state index contributed by atoms with van der Waals surface area (Å²) in [5.41, 5.74) is 22.6. The number of amides is 5. The van der Waals surface area contributed by atoms with Crippen LogP contribution in [0.25, 0.3) is 0 Å². The van der Waals surface area contributed by atoms with Crippen molar-refractivity contribution in [3.05, 3.63) is 364 Å². The number of ether oxygens (including phenoxy) is 3. The quantitative estimate of drug-likeness (QED) is 0.0169. The molecule has 37 heteroatoms. The van der Waals surface area contributed by atoms with Gasteiger partial charge < -0.3 is 71.9 Å². The van der Waals surface area contributed by atoms with Gasteiger partial charge in [0.1, 0.15) is 59.1 Å². The van der Waals surface area contributed by atoms with Crippen molar-refractivity contribution in [2.24, 2.45) is 5.73 Å². The van der Waals surface area contributed by atoms with E-state index in [1.165, 1.54) is 44.4 Å². The van der Waals surface area contributed by atoms with Crippen molar-refractivity contribution in [2.45, 2.75) is 159 Å². The second-order valence-corrected chi connectivity index (χ2v) is 34.7. The molecule has 14 rings (SSSR count). The van der Waals surface area contributed by atoms with Crippen LogP contribution >= 0.6 is 0 Å². The van der Waals surface area contributed by atoms with Crippen LogP contribution in [0.3, 0.4) is 0 Å². The summed E-state index contributed by atoms with van der Waals surface area (Å²) < 4.78 is 15.7. The van der Waals surface area contributed by atoms with Crippen molar-refractivity contribution in [2.75, 3.05) is 47.5 Å². The molecule has 0 saturated heterocycles. The van der Waals surface area contributed by atoms with Gasteiger partial charge in [0.2, 0.25) is 5.91 Å². The van der Waals surface area contributed by atoms with Crippen LogP contribution in [0.4, 0.5) is 0 Å². The summed E-state index contributed by atoms with van der Waals surface area (Å²) in [4.78, 5) is 181. The van der Waals surface area contributed by atoms with Crippen molar-refractivity contribution in [3.63, 3.8) is 0 Å². The molecule has 12 N–H and O–H groups in total. The number of ketones is 1. The first-order chi connectivity index (χ1) is 69.0. The van der Waals surface area contributed by atoms with E-state index in [0.29, 0.717) is 114 Å². The van der Waals surface area contributed by atoms with E-state index in [1.807, 2.05) is 121 Å². The first-order valence-electron chi connectivity index (χ1n) is 45.9. The topological polar surface area (TPSA) is 531 Å². The number of hydrogen-bond acceptors (Lipinski definition) is 26. The van der Waals surface area contributed by atoms with Crippen LogP contribution in [-0.4, -0.2) is 204 Å². The third-order valence-electron chi connectivity index (χ3n) is 24.6. The lowest BCUT2D eigenvalue weighted by Crippen LogP contribution is -2.36. The third kappa shape index (κ3) is 30.6. The number of carboxylic acids is 6. The fourth-order valence-electron chi connectivity index (χ4n) is 17.5. The normalized spacial score (nSPS) is 12.7. The number of nitrogens with one attached hydrogen (secondary N) is 4. The Morgan fingerprint density at radius 1 is 0.407 bits per heavy atom. The highest BCUT2D eigenvalue weighted by Crippen LogP contribution is 2.42. The van der Waals surface area contributed by atoms with Gasteiger partial charge in [0.25, 0.3) is 23.6 Å². The number of carbonyl (C=O) groups excluding carboxylic acids is 6. The number of nitrogens with two attached hydrogens (primary N) is 1. The highest BCUT2D eigenvalue weighted by molar-refractivity contribution is 5.97. The molecule has 0 radical (unpaired) electrons. The maximum Gasteiger partial charge on any atom is 0.335 e. The molecule has 0 fully saturated rings. The van der Waals surface area contributed by atoms with Crippen LogP contribution in [0.2, 0.25) is 0 Å². The average molecular weight is 1980 g/mol. The molecule has 2 aliphatic carbocycles. The molecule has 3 atom stereocenters. The monoisotopic (exact) mass is 1970 g/mol. The van der Waals surface area contributed by atoms with Gasteiger partial charge in [-0.05, 0) is 224 Å². The molecule has 0 bridgehead atoms. The van der Waals surface area contributed by atoms with Crippen molar-refractivity contribution in [3.8, 4) is 17.2 Å². The number of carbonyl (C=O) groups is 12. The molecular weight excluding hydrogens is 1860 g/mol. The standard InChI is InChI=1S/C27H29N5O5.C27H28N4O5.C27H29N3O6.C26H28N4O5.CH4/c1-16-20-8-9-23(22(20)7-6-21(16)27(35)36)32(14-24(28)33)13-18-12-29-15-31-25(18)26(34)30-11-17-4-3-5-19(10-17)37-2;1-16-4-3-5-18(10-16)11-29-26(34)25-19(12-28-15-30-25)13-31(14-24(32)33)23-9-8-20-17(2)21(27(35)36)6-7-22(20)23;1-17-11-20(7-8-23(17)27(34)35)18(2)30(16-25(31)32)15-21-14-28-10-9-24(21)26(33)29-13-19-5-4-6-22(12-19)36-3;1-17-9-20(7-8-23(17)26(33)34)14-30(13-18(2)31)15-21-12-27-16-29-24(21)25(32)28-11-19-5-4-6-22(10-19)35-3;/h3-7,10,12,15,23H,8-9,11,13-14H2,1-2H3,(H2,28,33)(H,30,34)(H,35,36);3-7,10,12,15,23H,8-9,11,13-14H2,1-2H3,(H,29,34)(H,32,33)(H,35,36);4-12,14,18H,13,15-16H2,1-3H3,(H,29,33)(H,31,32)(H,34,35);4-10,12,16H,11,13-15H2,1-3H3,(H,28,32)(H,33,34);1H4/t;;18-;;/m..0../s1. The maximum absolute atomic E-state index is 13.1. The Hall–Kier alpha value is -16.8. The van der Waals surface area contributed by atoms with Gasteiger partial charge in [-0.25, -0.2) is 49.1 Å². The molecule has 4 aromatic heterocycles. The number of fused-ring (bicyclic) bond motifs is 2. The second-order valence-electron chi connectivity index (χ2n) is 34.7. The number of pyridine rings is 1. The lowest BCUT2D eigenvalue weighted by molar-refractivity contribution is -0.140. The summed E-state index contributed by atoms with van der Waals surface area (Å²) in [7, 11) is 4.74. The van der Waals surface area contributed by atoms with Crippen LogP contribution in [0.15, 0.2) is 214 Å². The van der Waals surface area contributed by atoms with E-state index in [4.69, 9.17) is 19.9 Å². The average Bonchev–Trinajstić information content (AvgIpc) is 1.64. The molecule has 0 saturated carbocycles. The van der Waals surface area contributed by atoms with Crippen LogP contribution in [-0.2, 0) is 90.9 Å². The number of hydrogen-bond donors (Lipinski definition) is 11. The Bertz CT molecular complexity index is 6740. The number of carboxylic acid groups (broad SMARTS) is 6. The number of aromatic carboxylic acids is 4. The molecule has 12 aromatic rings. The minimum absolute atomic E-state index is 0. The summed E-state index contributed by atoms with van der Waals surface area (Å²) in [5, 5.41) is 68.2. The molecule has 2 unspecified atom stereocenters. The van der Waals surface area contributed by atoms with Gasteiger partial charge in [0.15, 0.2) is 0 Å². The van der Waals surface area contributed by atoms with Gasteiger partial charge in [-0.15, -0.1) is 0 Å². The number of benzene rings is 8. The van der Waals surface area contributed by atoms with Gasteiger partial charge in [-0.1, -0.05) is 110 Å². The largest absolute Gasteiger partial charge is 0.497 e. The first kappa shape index (κ1) is 110. The number of primary amides is 1. The van der Waals surface area contributed by atoms with Crippen molar-refractivity contribution < 1.29 is 102 Å². The number of aromatic nitrogens is 7. The summed E-state index contributed by atoms with van der Waals surface area (Å²) in [6.45, 7) is 14.3.